The topological polar surface area (TPSA) is 60.7 Å². The zero-order valence-electron chi connectivity index (χ0n) is 14.1. The highest BCUT2D eigenvalue weighted by molar-refractivity contribution is 7.99. The zero-order valence-corrected chi connectivity index (χ0v) is 15.0. The average molecular weight is 372 g/mol. The highest BCUT2D eigenvalue weighted by Gasteiger charge is 2.07. The van der Waals surface area contributed by atoms with Crippen molar-refractivity contribution in [1.82, 2.24) is 9.38 Å². The number of hydrogen-bond donors (Lipinski definition) is 0. The number of halogens is 1. The Bertz CT molecular complexity index is 986. The zero-order chi connectivity index (χ0) is 18.5. The summed E-state index contributed by atoms with van der Waals surface area (Å²) in [4.78, 5) is 28.3. The van der Waals surface area contributed by atoms with Crippen LogP contribution in [-0.2, 0) is 21.9 Å². The molecule has 5 nitrogen and oxygen atoms in total. The second-order valence-corrected chi connectivity index (χ2v) is 6.78. The van der Waals surface area contributed by atoms with Crippen LogP contribution >= 0.6 is 11.8 Å². The molecule has 0 fully saturated rings. The van der Waals surface area contributed by atoms with E-state index >= 15 is 0 Å². The number of carbonyl (C=O) groups excluding carboxylic acids is 1. The lowest BCUT2D eigenvalue weighted by atomic mass is 10.2. The van der Waals surface area contributed by atoms with Crippen molar-refractivity contribution in [3.63, 3.8) is 0 Å². The Labute approximate surface area is 153 Å². The van der Waals surface area contributed by atoms with Gasteiger partial charge in [-0.3, -0.25) is 14.0 Å². The summed E-state index contributed by atoms with van der Waals surface area (Å²) in [5.41, 5.74) is 2.64. The van der Waals surface area contributed by atoms with Gasteiger partial charge in [0.1, 0.15) is 18.1 Å². The van der Waals surface area contributed by atoms with Gasteiger partial charge in [-0.25, -0.2) is 9.37 Å². The first-order valence-corrected chi connectivity index (χ1v) is 9.13. The van der Waals surface area contributed by atoms with E-state index < -0.39 is 0 Å². The summed E-state index contributed by atoms with van der Waals surface area (Å²) >= 11 is 1.38. The molecular formula is C19H17FN2O3S. The van der Waals surface area contributed by atoms with Gasteiger partial charge in [-0.2, -0.15) is 0 Å². The highest BCUT2D eigenvalue weighted by Crippen LogP contribution is 2.13. The molecule has 26 heavy (non-hydrogen) atoms. The van der Waals surface area contributed by atoms with Crippen molar-refractivity contribution in [2.75, 3.05) is 5.75 Å². The minimum atomic E-state index is -0.386. The Morgan fingerprint density at radius 3 is 2.77 bits per heavy atom. The van der Waals surface area contributed by atoms with E-state index in [-0.39, 0.29) is 29.7 Å². The van der Waals surface area contributed by atoms with Crippen molar-refractivity contribution in [3.8, 4) is 0 Å². The lowest BCUT2D eigenvalue weighted by Gasteiger charge is -2.07. The van der Waals surface area contributed by atoms with E-state index in [1.54, 1.807) is 24.4 Å². The smallest absolute Gasteiger partial charge is 0.316 e. The van der Waals surface area contributed by atoms with Crippen LogP contribution in [0.4, 0.5) is 4.39 Å². The molecule has 0 unspecified atom stereocenters. The third-order valence-electron chi connectivity index (χ3n) is 3.66. The van der Waals surface area contributed by atoms with Crippen molar-refractivity contribution in [1.29, 1.82) is 0 Å². The van der Waals surface area contributed by atoms with Gasteiger partial charge in [0, 0.05) is 18.0 Å². The third kappa shape index (κ3) is 4.70. The van der Waals surface area contributed by atoms with E-state index in [2.05, 4.69) is 4.98 Å². The predicted octanol–water partition coefficient (Wildman–Crippen LogP) is 3.12. The largest absolute Gasteiger partial charge is 0.459 e. The number of pyridine rings is 1. The van der Waals surface area contributed by atoms with Crippen LogP contribution in [0.1, 0.15) is 16.8 Å². The molecule has 0 aliphatic heterocycles. The third-order valence-corrected chi connectivity index (χ3v) is 4.64. The SMILES string of the molecule is Cc1ccn2c(=O)cc(COC(=O)CSCc3ccc(F)cc3)nc2c1. The van der Waals surface area contributed by atoms with Crippen LogP contribution in [0.5, 0.6) is 0 Å². The van der Waals surface area contributed by atoms with Crippen LogP contribution in [0.15, 0.2) is 53.5 Å². The summed E-state index contributed by atoms with van der Waals surface area (Å²) in [6, 6.07) is 11.1. The van der Waals surface area contributed by atoms with E-state index in [9.17, 15) is 14.0 Å². The van der Waals surface area contributed by atoms with Gasteiger partial charge < -0.3 is 4.74 Å². The van der Waals surface area contributed by atoms with E-state index in [1.807, 2.05) is 13.0 Å². The van der Waals surface area contributed by atoms with Crippen LogP contribution < -0.4 is 5.56 Å². The fourth-order valence-corrected chi connectivity index (χ4v) is 3.14. The molecule has 134 valence electrons. The van der Waals surface area contributed by atoms with E-state index in [0.29, 0.717) is 17.1 Å². The predicted molar refractivity (Wildman–Crippen MR) is 98.6 cm³/mol. The molecule has 3 aromatic rings. The Morgan fingerprint density at radius 1 is 1.23 bits per heavy atom. The highest BCUT2D eigenvalue weighted by atomic mass is 32.2. The van der Waals surface area contributed by atoms with Crippen molar-refractivity contribution in [2.24, 2.45) is 0 Å². The Hall–Kier alpha value is -2.67. The fourth-order valence-electron chi connectivity index (χ4n) is 2.36. The van der Waals surface area contributed by atoms with E-state index in [0.717, 1.165) is 11.1 Å². The summed E-state index contributed by atoms with van der Waals surface area (Å²) in [6.07, 6.45) is 1.67. The van der Waals surface area contributed by atoms with E-state index in [1.165, 1.54) is 34.4 Å². The number of benzene rings is 1. The summed E-state index contributed by atoms with van der Waals surface area (Å²) in [7, 11) is 0. The van der Waals surface area contributed by atoms with Crippen LogP contribution in [0.25, 0.3) is 5.65 Å². The molecule has 0 N–H and O–H groups in total. The lowest BCUT2D eigenvalue weighted by Crippen LogP contribution is -2.17. The fraction of sp³-hybridized carbons (Fsp3) is 0.211. The maximum atomic E-state index is 12.8. The summed E-state index contributed by atoms with van der Waals surface area (Å²) < 4.78 is 19.5. The molecule has 0 spiro atoms. The molecule has 0 atom stereocenters. The second-order valence-electron chi connectivity index (χ2n) is 5.80. The monoisotopic (exact) mass is 372 g/mol. The van der Waals surface area contributed by atoms with Gasteiger partial charge in [0.05, 0.1) is 11.4 Å². The molecule has 2 heterocycles. The first-order valence-electron chi connectivity index (χ1n) is 7.98. The van der Waals surface area contributed by atoms with Gasteiger partial charge in [0.15, 0.2) is 0 Å². The van der Waals surface area contributed by atoms with E-state index in [4.69, 9.17) is 4.74 Å². The van der Waals surface area contributed by atoms with Gasteiger partial charge in [-0.05, 0) is 42.3 Å². The van der Waals surface area contributed by atoms with Gasteiger partial charge >= 0.3 is 5.97 Å². The standard InChI is InChI=1S/C19H17FN2O3S/c1-13-6-7-22-17(8-13)21-16(9-18(22)23)10-25-19(24)12-26-11-14-2-4-15(20)5-3-14/h2-9H,10-12H2,1H3. The number of ether oxygens (including phenoxy) is 1. The second kappa shape index (κ2) is 8.14. The van der Waals surface area contributed by atoms with Gasteiger partial charge in [0.2, 0.25) is 0 Å². The molecule has 0 aliphatic carbocycles. The molecular weight excluding hydrogens is 355 g/mol. The first kappa shape index (κ1) is 18.1. The maximum Gasteiger partial charge on any atom is 0.316 e. The lowest BCUT2D eigenvalue weighted by molar-refractivity contribution is -0.141. The Morgan fingerprint density at radius 2 is 2.00 bits per heavy atom. The molecule has 0 bridgehead atoms. The van der Waals surface area contributed by atoms with Crippen molar-refractivity contribution in [3.05, 3.63) is 81.7 Å². The molecule has 0 amide bonds. The minimum absolute atomic E-state index is 0.0460. The number of aryl methyl sites for hydroxylation is 1. The summed E-state index contributed by atoms with van der Waals surface area (Å²) in [6.45, 7) is 1.87. The van der Waals surface area contributed by atoms with Crippen molar-refractivity contribution in [2.45, 2.75) is 19.3 Å². The van der Waals surface area contributed by atoms with Crippen LogP contribution in [0.3, 0.4) is 0 Å². The number of nitrogens with zero attached hydrogens (tertiary/aromatic N) is 2. The minimum Gasteiger partial charge on any atom is -0.459 e. The number of carbonyl (C=O) groups is 1. The molecule has 1 aromatic carbocycles. The van der Waals surface area contributed by atoms with Crippen LogP contribution in [-0.4, -0.2) is 21.1 Å². The van der Waals surface area contributed by atoms with Crippen LogP contribution in [0.2, 0.25) is 0 Å². The van der Waals surface area contributed by atoms with Gasteiger partial charge in [-0.15, -0.1) is 11.8 Å². The number of rotatable bonds is 6. The quantitative estimate of drug-likeness (QED) is 0.622. The average Bonchev–Trinajstić information content (AvgIpc) is 2.61. The summed E-state index contributed by atoms with van der Waals surface area (Å²) in [5, 5.41) is 0. The number of esters is 1. The molecule has 0 aliphatic rings. The van der Waals surface area contributed by atoms with Crippen molar-refractivity contribution >= 4 is 23.4 Å². The van der Waals surface area contributed by atoms with Crippen LogP contribution in [0, 0.1) is 12.7 Å². The molecule has 0 radical (unpaired) electrons. The van der Waals surface area contributed by atoms with Crippen molar-refractivity contribution < 1.29 is 13.9 Å². The van der Waals surface area contributed by atoms with Gasteiger partial charge in [0.25, 0.3) is 5.56 Å². The number of hydrogen-bond acceptors (Lipinski definition) is 5. The molecule has 0 saturated carbocycles. The van der Waals surface area contributed by atoms with Gasteiger partial charge in [-0.1, -0.05) is 12.1 Å². The molecule has 2 aromatic heterocycles. The first-order chi connectivity index (χ1) is 12.5. The molecule has 3 rings (SSSR count). The number of aromatic nitrogens is 2. The number of thioether (sulfide) groups is 1. The maximum absolute atomic E-state index is 12.8. The summed E-state index contributed by atoms with van der Waals surface area (Å²) in [5.74, 6) is 0.0864. The molecule has 0 saturated heterocycles. The molecule has 7 heteroatoms. The number of fused-ring (bicyclic) bond motifs is 1. The Balaban J connectivity index is 1.53. The normalized spacial score (nSPS) is 10.8. The Kier molecular flexibility index (Phi) is 5.68.